The Kier molecular flexibility index (Phi) is 6.07. The molecule has 0 saturated heterocycles. The first-order valence-corrected chi connectivity index (χ1v) is 11.2. The molecule has 0 unspecified atom stereocenters. The molecule has 2 aromatic heterocycles. The van der Waals surface area contributed by atoms with Gasteiger partial charge in [0.1, 0.15) is 4.83 Å². The molecular weight excluding hydrogens is 366 g/mol. The molecule has 2 aromatic rings. The third-order valence-electron chi connectivity index (χ3n) is 4.74. The van der Waals surface area contributed by atoms with Crippen LogP contribution in [0.2, 0.25) is 0 Å². The van der Waals surface area contributed by atoms with Crippen LogP contribution in [0, 0.1) is 11.8 Å². The van der Waals surface area contributed by atoms with Crippen LogP contribution in [0.3, 0.4) is 0 Å². The average molecular weight is 394 g/mol. The summed E-state index contributed by atoms with van der Waals surface area (Å²) in [6.45, 7) is 9.59. The third kappa shape index (κ3) is 3.98. The van der Waals surface area contributed by atoms with E-state index in [4.69, 9.17) is 4.98 Å². The van der Waals surface area contributed by atoms with Crippen molar-refractivity contribution >= 4 is 39.2 Å². The SMILES string of the molecule is CCn1c(SCC(=O)NCC(C)C)nc2sc3c(c2c1=O)CC[C@@H](C)C3. The summed E-state index contributed by atoms with van der Waals surface area (Å²) < 4.78 is 1.72. The Balaban J connectivity index is 1.89. The third-order valence-corrected chi connectivity index (χ3v) is 6.86. The van der Waals surface area contributed by atoms with Crippen LogP contribution in [0.4, 0.5) is 0 Å². The Morgan fingerprint density at radius 3 is 2.92 bits per heavy atom. The molecule has 26 heavy (non-hydrogen) atoms. The van der Waals surface area contributed by atoms with E-state index in [1.807, 2.05) is 6.92 Å². The van der Waals surface area contributed by atoms with E-state index in [-0.39, 0.29) is 17.2 Å². The highest BCUT2D eigenvalue weighted by atomic mass is 32.2. The van der Waals surface area contributed by atoms with E-state index in [9.17, 15) is 9.59 Å². The number of rotatable bonds is 6. The van der Waals surface area contributed by atoms with Gasteiger partial charge in [-0.05, 0) is 43.6 Å². The molecule has 7 heteroatoms. The number of thiophene rings is 1. The lowest BCUT2D eigenvalue weighted by Gasteiger charge is -2.17. The van der Waals surface area contributed by atoms with E-state index in [1.165, 1.54) is 22.2 Å². The summed E-state index contributed by atoms with van der Waals surface area (Å²) >= 11 is 3.01. The summed E-state index contributed by atoms with van der Waals surface area (Å²) in [5, 5.41) is 4.38. The predicted octanol–water partition coefficient (Wildman–Crippen LogP) is 3.47. The van der Waals surface area contributed by atoms with Gasteiger partial charge in [-0.3, -0.25) is 14.2 Å². The van der Waals surface area contributed by atoms with Crippen LogP contribution >= 0.6 is 23.1 Å². The lowest BCUT2D eigenvalue weighted by Crippen LogP contribution is -2.29. The highest BCUT2D eigenvalue weighted by molar-refractivity contribution is 7.99. The first-order valence-electron chi connectivity index (χ1n) is 9.35. The second kappa shape index (κ2) is 8.13. The standard InChI is InChI=1S/C19H27N3O2S2/c1-5-22-18(24)16-13-7-6-12(4)8-14(13)26-17(16)21-19(22)25-10-15(23)20-9-11(2)3/h11-12H,5-10H2,1-4H3,(H,20,23)/t12-/m1/s1. The molecule has 1 N–H and O–H groups in total. The Morgan fingerprint density at radius 1 is 1.46 bits per heavy atom. The molecule has 1 atom stereocenters. The zero-order chi connectivity index (χ0) is 18.8. The minimum atomic E-state index is -0.0139. The van der Waals surface area contributed by atoms with Gasteiger partial charge in [-0.15, -0.1) is 11.3 Å². The van der Waals surface area contributed by atoms with Crippen LogP contribution in [0.1, 0.15) is 44.6 Å². The summed E-state index contributed by atoms with van der Waals surface area (Å²) in [4.78, 5) is 32.0. The molecule has 0 saturated carbocycles. The van der Waals surface area contributed by atoms with Gasteiger partial charge in [0.25, 0.3) is 5.56 Å². The number of aryl methyl sites for hydroxylation is 1. The molecule has 5 nitrogen and oxygen atoms in total. The second-order valence-corrected chi connectivity index (χ2v) is 9.49. The summed E-state index contributed by atoms with van der Waals surface area (Å²) in [5.41, 5.74) is 1.27. The molecule has 0 fully saturated rings. The molecule has 142 valence electrons. The van der Waals surface area contributed by atoms with Gasteiger partial charge in [-0.1, -0.05) is 32.5 Å². The maximum absolute atomic E-state index is 13.1. The van der Waals surface area contributed by atoms with Crippen molar-refractivity contribution in [1.29, 1.82) is 0 Å². The quantitative estimate of drug-likeness (QED) is 0.603. The van der Waals surface area contributed by atoms with Gasteiger partial charge in [-0.2, -0.15) is 0 Å². The molecule has 0 spiro atoms. The lowest BCUT2D eigenvalue weighted by molar-refractivity contribution is -0.118. The minimum Gasteiger partial charge on any atom is -0.355 e. The van der Waals surface area contributed by atoms with Gasteiger partial charge in [0, 0.05) is 18.0 Å². The fourth-order valence-corrected chi connectivity index (χ4v) is 5.61. The molecule has 0 radical (unpaired) electrons. The highest BCUT2D eigenvalue weighted by Gasteiger charge is 2.24. The molecule has 1 aliphatic carbocycles. The molecule has 3 rings (SSSR count). The lowest BCUT2D eigenvalue weighted by atomic mass is 9.89. The summed E-state index contributed by atoms with van der Waals surface area (Å²) in [6, 6.07) is 0. The first kappa shape index (κ1) is 19.4. The first-order chi connectivity index (χ1) is 12.4. The van der Waals surface area contributed by atoms with Crippen LogP contribution in [0.5, 0.6) is 0 Å². The normalized spacial score (nSPS) is 16.9. The van der Waals surface area contributed by atoms with Gasteiger partial charge in [0.15, 0.2) is 5.16 Å². The van der Waals surface area contributed by atoms with Crippen LogP contribution < -0.4 is 10.9 Å². The number of nitrogens with one attached hydrogen (secondary N) is 1. The number of thioether (sulfide) groups is 1. The van der Waals surface area contributed by atoms with E-state index in [2.05, 4.69) is 26.1 Å². The molecule has 0 aromatic carbocycles. The van der Waals surface area contributed by atoms with Crippen LogP contribution in [-0.4, -0.2) is 27.8 Å². The molecule has 1 amide bonds. The van der Waals surface area contributed by atoms with E-state index >= 15 is 0 Å². The summed E-state index contributed by atoms with van der Waals surface area (Å²) in [5.74, 6) is 1.36. The largest absolute Gasteiger partial charge is 0.355 e. The Labute approximate surface area is 162 Å². The van der Waals surface area contributed by atoms with Crippen LogP contribution in [-0.2, 0) is 24.2 Å². The number of carbonyl (C=O) groups is 1. The number of hydrogen-bond acceptors (Lipinski definition) is 5. The summed E-state index contributed by atoms with van der Waals surface area (Å²) in [7, 11) is 0. The second-order valence-electron chi connectivity index (χ2n) is 7.46. The van der Waals surface area contributed by atoms with Crippen molar-refractivity contribution in [2.24, 2.45) is 11.8 Å². The number of fused-ring (bicyclic) bond motifs is 3. The van der Waals surface area contributed by atoms with E-state index < -0.39 is 0 Å². The van der Waals surface area contributed by atoms with Crippen LogP contribution in [0.15, 0.2) is 9.95 Å². The molecule has 0 bridgehead atoms. The van der Waals surface area contributed by atoms with Crippen molar-refractivity contribution in [3.8, 4) is 0 Å². The molecule has 2 heterocycles. The molecule has 1 aliphatic rings. The van der Waals surface area contributed by atoms with Crippen molar-refractivity contribution in [2.75, 3.05) is 12.3 Å². The number of nitrogens with zero attached hydrogens (tertiary/aromatic N) is 2. The van der Waals surface area contributed by atoms with Crippen molar-refractivity contribution in [3.05, 3.63) is 20.8 Å². The Morgan fingerprint density at radius 2 is 2.23 bits per heavy atom. The van der Waals surface area contributed by atoms with Crippen LogP contribution in [0.25, 0.3) is 10.2 Å². The van der Waals surface area contributed by atoms with Crippen molar-refractivity contribution in [3.63, 3.8) is 0 Å². The number of amides is 1. The van der Waals surface area contributed by atoms with E-state index in [0.717, 1.165) is 29.5 Å². The van der Waals surface area contributed by atoms with Gasteiger partial charge in [0.05, 0.1) is 11.1 Å². The van der Waals surface area contributed by atoms with E-state index in [1.54, 1.807) is 15.9 Å². The fourth-order valence-electron chi connectivity index (χ4n) is 3.29. The number of carbonyl (C=O) groups excluding carboxylic acids is 1. The Bertz CT molecular complexity index is 870. The van der Waals surface area contributed by atoms with Gasteiger partial charge >= 0.3 is 0 Å². The fraction of sp³-hybridized carbons (Fsp3) is 0.632. The van der Waals surface area contributed by atoms with Crippen molar-refractivity contribution in [1.82, 2.24) is 14.9 Å². The smallest absolute Gasteiger partial charge is 0.263 e. The highest BCUT2D eigenvalue weighted by Crippen LogP contribution is 2.36. The van der Waals surface area contributed by atoms with Crippen molar-refractivity contribution in [2.45, 2.75) is 58.7 Å². The minimum absolute atomic E-state index is 0.0139. The average Bonchev–Trinajstić information content (AvgIpc) is 2.95. The number of aromatic nitrogens is 2. The topological polar surface area (TPSA) is 64.0 Å². The molecular formula is C19H27N3O2S2. The molecule has 0 aliphatic heterocycles. The maximum Gasteiger partial charge on any atom is 0.263 e. The van der Waals surface area contributed by atoms with Gasteiger partial charge in [0.2, 0.25) is 5.91 Å². The van der Waals surface area contributed by atoms with Crippen molar-refractivity contribution < 1.29 is 4.79 Å². The van der Waals surface area contributed by atoms with Gasteiger partial charge < -0.3 is 5.32 Å². The zero-order valence-electron chi connectivity index (χ0n) is 15.9. The predicted molar refractivity (Wildman–Crippen MR) is 109 cm³/mol. The van der Waals surface area contributed by atoms with Gasteiger partial charge in [-0.25, -0.2) is 4.98 Å². The Hall–Kier alpha value is -1.34. The monoisotopic (exact) mass is 393 g/mol. The zero-order valence-corrected chi connectivity index (χ0v) is 17.6. The summed E-state index contributed by atoms with van der Waals surface area (Å²) in [6.07, 6.45) is 3.15. The van der Waals surface area contributed by atoms with E-state index in [0.29, 0.717) is 30.1 Å². The maximum atomic E-state index is 13.1. The number of hydrogen-bond donors (Lipinski definition) is 1.